The molecule has 0 N–H and O–H groups in total. The van der Waals surface area contributed by atoms with Crippen molar-refractivity contribution < 1.29 is 19.0 Å². The molecule has 5 nitrogen and oxygen atoms in total. The van der Waals surface area contributed by atoms with Crippen molar-refractivity contribution in [2.24, 2.45) is 0 Å². The number of para-hydroxylation sites is 1. The number of allylic oxidation sites excluding steroid dienone is 1. The highest BCUT2D eigenvalue weighted by atomic mass is 35.5. The van der Waals surface area contributed by atoms with Crippen molar-refractivity contribution >= 4 is 24.3 Å². The van der Waals surface area contributed by atoms with Gasteiger partial charge in [0.15, 0.2) is 5.76 Å². The van der Waals surface area contributed by atoms with Crippen LogP contribution in [0, 0.1) is 0 Å². The largest absolute Gasteiger partial charge is 0.496 e. The standard InChI is InChI=1S/C22H23NO4.ClH/c1-25-19-7-3-2-6-16(19)14-21-22(24)18-9-8-17(15-20(18)27-21)26-13-12-23-10-4-5-11-23;/h2-3,6-9,14-15H,4-5,10-13H2,1H3;1H/b21-14-;. The molecule has 6 heteroatoms. The van der Waals surface area contributed by atoms with E-state index in [1.807, 2.05) is 30.3 Å². The molecule has 0 amide bonds. The average molecular weight is 402 g/mol. The first-order valence-corrected chi connectivity index (χ1v) is 9.31. The summed E-state index contributed by atoms with van der Waals surface area (Å²) in [6, 6.07) is 12.9. The Morgan fingerprint density at radius 1 is 1.14 bits per heavy atom. The second-order valence-electron chi connectivity index (χ2n) is 6.74. The summed E-state index contributed by atoms with van der Waals surface area (Å²) in [6.07, 6.45) is 4.27. The van der Waals surface area contributed by atoms with Crippen LogP contribution >= 0.6 is 12.4 Å². The Hall–Kier alpha value is -2.50. The summed E-state index contributed by atoms with van der Waals surface area (Å²) in [4.78, 5) is 15.0. The Morgan fingerprint density at radius 2 is 1.93 bits per heavy atom. The van der Waals surface area contributed by atoms with E-state index in [1.54, 1.807) is 25.3 Å². The van der Waals surface area contributed by atoms with Crippen LogP contribution in [-0.2, 0) is 0 Å². The quantitative estimate of drug-likeness (QED) is 0.678. The number of methoxy groups -OCH3 is 1. The second-order valence-corrected chi connectivity index (χ2v) is 6.74. The Labute approximate surface area is 171 Å². The number of likely N-dealkylation sites (tertiary alicyclic amines) is 1. The van der Waals surface area contributed by atoms with Crippen LogP contribution in [0.15, 0.2) is 48.2 Å². The van der Waals surface area contributed by atoms with Crippen LogP contribution in [0.25, 0.3) is 6.08 Å². The highest BCUT2D eigenvalue weighted by molar-refractivity contribution is 6.14. The molecule has 0 aliphatic carbocycles. The Kier molecular flexibility index (Phi) is 6.60. The van der Waals surface area contributed by atoms with E-state index in [-0.39, 0.29) is 18.2 Å². The summed E-state index contributed by atoms with van der Waals surface area (Å²) in [7, 11) is 1.61. The van der Waals surface area contributed by atoms with Gasteiger partial charge in [-0.2, -0.15) is 0 Å². The maximum absolute atomic E-state index is 12.6. The van der Waals surface area contributed by atoms with E-state index in [9.17, 15) is 4.79 Å². The van der Waals surface area contributed by atoms with Gasteiger partial charge in [-0.3, -0.25) is 9.69 Å². The molecule has 0 spiro atoms. The van der Waals surface area contributed by atoms with Crippen LogP contribution < -0.4 is 14.2 Å². The third kappa shape index (κ3) is 4.32. The lowest BCUT2D eigenvalue weighted by Gasteiger charge is -2.15. The molecule has 0 bridgehead atoms. The van der Waals surface area contributed by atoms with Crippen molar-refractivity contribution in [3.63, 3.8) is 0 Å². The lowest BCUT2D eigenvalue weighted by Crippen LogP contribution is -2.25. The number of nitrogens with zero attached hydrogens (tertiary/aromatic N) is 1. The smallest absolute Gasteiger partial charge is 0.231 e. The molecule has 28 heavy (non-hydrogen) atoms. The van der Waals surface area contributed by atoms with Crippen molar-refractivity contribution in [2.45, 2.75) is 12.8 Å². The molecule has 0 radical (unpaired) electrons. The molecule has 2 heterocycles. The van der Waals surface area contributed by atoms with Gasteiger partial charge < -0.3 is 14.2 Å². The molecular formula is C22H24ClNO4. The zero-order chi connectivity index (χ0) is 18.6. The molecule has 2 aliphatic heterocycles. The first-order valence-electron chi connectivity index (χ1n) is 9.31. The summed E-state index contributed by atoms with van der Waals surface area (Å²) in [5.41, 5.74) is 1.36. The van der Waals surface area contributed by atoms with Gasteiger partial charge in [-0.05, 0) is 50.2 Å². The summed E-state index contributed by atoms with van der Waals surface area (Å²) in [6.45, 7) is 3.87. The molecule has 2 aromatic carbocycles. The molecule has 1 fully saturated rings. The summed E-state index contributed by atoms with van der Waals surface area (Å²) in [5.74, 6) is 2.13. The van der Waals surface area contributed by atoms with Gasteiger partial charge in [0, 0.05) is 18.2 Å². The number of carbonyl (C=O) groups excluding carboxylic acids is 1. The minimum atomic E-state index is -0.125. The van der Waals surface area contributed by atoms with Gasteiger partial charge in [0.1, 0.15) is 23.9 Å². The van der Waals surface area contributed by atoms with E-state index in [0.717, 1.165) is 30.9 Å². The lowest BCUT2D eigenvalue weighted by molar-refractivity contribution is 0.101. The molecule has 148 valence electrons. The van der Waals surface area contributed by atoms with Crippen molar-refractivity contribution in [3.8, 4) is 17.2 Å². The maximum atomic E-state index is 12.6. The number of halogens is 1. The topological polar surface area (TPSA) is 48.0 Å². The van der Waals surface area contributed by atoms with Gasteiger partial charge in [-0.1, -0.05) is 18.2 Å². The van der Waals surface area contributed by atoms with E-state index >= 15 is 0 Å². The number of carbonyl (C=O) groups is 1. The van der Waals surface area contributed by atoms with Gasteiger partial charge in [0.05, 0.1) is 12.7 Å². The lowest BCUT2D eigenvalue weighted by atomic mass is 10.1. The molecule has 2 aliphatic rings. The number of ether oxygens (including phenoxy) is 3. The number of fused-ring (bicyclic) bond motifs is 1. The highest BCUT2D eigenvalue weighted by Crippen LogP contribution is 2.35. The highest BCUT2D eigenvalue weighted by Gasteiger charge is 2.28. The normalized spacial score (nSPS) is 17.2. The summed E-state index contributed by atoms with van der Waals surface area (Å²) < 4.78 is 17.0. The van der Waals surface area contributed by atoms with Crippen LogP contribution in [0.2, 0.25) is 0 Å². The minimum Gasteiger partial charge on any atom is -0.496 e. The Balaban J connectivity index is 0.00000225. The number of benzene rings is 2. The van der Waals surface area contributed by atoms with Crippen LogP contribution in [0.3, 0.4) is 0 Å². The van der Waals surface area contributed by atoms with E-state index in [1.165, 1.54) is 12.8 Å². The zero-order valence-corrected chi connectivity index (χ0v) is 16.7. The predicted molar refractivity (Wildman–Crippen MR) is 111 cm³/mol. The van der Waals surface area contributed by atoms with Gasteiger partial charge in [0.2, 0.25) is 5.78 Å². The number of Topliss-reactive ketones (excluding diaryl/α,β-unsaturated/α-hetero) is 1. The third-order valence-corrected chi connectivity index (χ3v) is 4.94. The van der Waals surface area contributed by atoms with Gasteiger partial charge in [-0.15, -0.1) is 12.4 Å². The van der Waals surface area contributed by atoms with Crippen LogP contribution in [0.1, 0.15) is 28.8 Å². The van der Waals surface area contributed by atoms with Crippen LogP contribution in [0.4, 0.5) is 0 Å². The molecule has 2 aromatic rings. The minimum absolute atomic E-state index is 0. The van der Waals surface area contributed by atoms with Crippen LogP contribution in [0.5, 0.6) is 17.2 Å². The van der Waals surface area contributed by atoms with Gasteiger partial charge in [-0.25, -0.2) is 0 Å². The van der Waals surface area contributed by atoms with E-state index < -0.39 is 0 Å². The number of hydrogen-bond donors (Lipinski definition) is 0. The fraction of sp³-hybridized carbons (Fsp3) is 0.318. The van der Waals surface area contributed by atoms with Crippen molar-refractivity contribution in [3.05, 3.63) is 59.4 Å². The SMILES string of the molecule is COc1ccccc1/C=C1\Oc2cc(OCCN3CCCC3)ccc2C1=O.Cl. The summed E-state index contributed by atoms with van der Waals surface area (Å²) >= 11 is 0. The third-order valence-electron chi connectivity index (χ3n) is 4.94. The first-order chi connectivity index (χ1) is 13.2. The number of ketones is 1. The first kappa shape index (κ1) is 20.2. The molecule has 0 saturated carbocycles. The fourth-order valence-electron chi connectivity index (χ4n) is 3.48. The molecule has 0 unspecified atom stereocenters. The van der Waals surface area contributed by atoms with Crippen molar-refractivity contribution in [1.29, 1.82) is 0 Å². The molecule has 0 atom stereocenters. The molecular weight excluding hydrogens is 378 g/mol. The van der Waals surface area contributed by atoms with Crippen molar-refractivity contribution in [2.75, 3.05) is 33.4 Å². The Bertz CT molecular complexity index is 875. The second kappa shape index (κ2) is 9.13. The van der Waals surface area contributed by atoms with E-state index in [0.29, 0.717) is 29.4 Å². The van der Waals surface area contributed by atoms with E-state index in [2.05, 4.69) is 4.90 Å². The monoisotopic (exact) mass is 401 g/mol. The average Bonchev–Trinajstić information content (AvgIpc) is 3.31. The van der Waals surface area contributed by atoms with Crippen LogP contribution in [-0.4, -0.2) is 44.0 Å². The Morgan fingerprint density at radius 3 is 2.71 bits per heavy atom. The van der Waals surface area contributed by atoms with Gasteiger partial charge in [0.25, 0.3) is 0 Å². The number of rotatable bonds is 6. The maximum Gasteiger partial charge on any atom is 0.231 e. The summed E-state index contributed by atoms with van der Waals surface area (Å²) in [5, 5.41) is 0. The molecule has 1 saturated heterocycles. The molecule has 4 rings (SSSR count). The number of hydrogen-bond acceptors (Lipinski definition) is 5. The zero-order valence-electron chi connectivity index (χ0n) is 15.8. The fourth-order valence-corrected chi connectivity index (χ4v) is 3.48. The molecule has 0 aromatic heterocycles. The van der Waals surface area contributed by atoms with E-state index in [4.69, 9.17) is 14.2 Å². The predicted octanol–water partition coefficient (Wildman–Crippen LogP) is 4.21. The van der Waals surface area contributed by atoms with Crippen molar-refractivity contribution in [1.82, 2.24) is 4.90 Å². The van der Waals surface area contributed by atoms with Gasteiger partial charge >= 0.3 is 0 Å².